The average Bonchev–Trinajstić information content (AvgIpc) is 2.42. The number of carbonyl (C=O) groups excluding carboxylic acids is 1. The third kappa shape index (κ3) is 4.03. The Bertz CT molecular complexity index is 544. The lowest BCUT2D eigenvalue weighted by Crippen LogP contribution is -2.20. The van der Waals surface area contributed by atoms with E-state index in [9.17, 15) is 4.79 Å². The molecule has 0 bridgehead atoms. The molecule has 0 saturated carbocycles. The van der Waals surface area contributed by atoms with Gasteiger partial charge >= 0.3 is 0 Å². The Morgan fingerprint density at radius 2 is 2.00 bits per heavy atom. The van der Waals surface area contributed by atoms with Crippen LogP contribution in [0.4, 0.5) is 5.82 Å². The summed E-state index contributed by atoms with van der Waals surface area (Å²) in [6, 6.07) is 6.93. The minimum absolute atomic E-state index is 0.143. The van der Waals surface area contributed by atoms with Gasteiger partial charge in [0.05, 0.1) is 11.0 Å². The molecule has 0 radical (unpaired) electrons. The minimum Gasteiger partial charge on any atom is -0.456 e. The lowest BCUT2D eigenvalue weighted by atomic mass is 10.4. The maximum atomic E-state index is 11.5. The zero-order chi connectivity index (χ0) is 13.7. The van der Waals surface area contributed by atoms with Crippen molar-refractivity contribution in [3.8, 4) is 11.5 Å². The topological polar surface area (TPSA) is 64.1 Å². The van der Waals surface area contributed by atoms with Crippen molar-refractivity contribution in [2.45, 2.75) is 11.8 Å². The Hall–Kier alpha value is -1.95. The molecule has 19 heavy (non-hydrogen) atoms. The maximum absolute atomic E-state index is 11.5. The van der Waals surface area contributed by atoms with E-state index in [-0.39, 0.29) is 10.7 Å². The van der Waals surface area contributed by atoms with Gasteiger partial charge in [-0.1, -0.05) is 15.9 Å². The smallest absolute Gasteiger partial charge is 0.239 e. The van der Waals surface area contributed by atoms with E-state index in [4.69, 9.17) is 4.74 Å². The number of rotatable bonds is 4. The highest BCUT2D eigenvalue weighted by Gasteiger charge is 2.09. The summed E-state index contributed by atoms with van der Waals surface area (Å²) in [5.74, 6) is 1.62. The Kier molecular flexibility index (Phi) is 4.46. The number of alkyl halides is 1. The summed E-state index contributed by atoms with van der Waals surface area (Å²) < 4.78 is 5.56. The molecule has 0 aliphatic heterocycles. The van der Waals surface area contributed by atoms with Gasteiger partial charge in [0.2, 0.25) is 5.91 Å². The van der Waals surface area contributed by atoms with E-state index in [0.717, 1.165) is 0 Å². The minimum atomic E-state index is -0.262. The zero-order valence-corrected chi connectivity index (χ0v) is 11.8. The second-order valence-corrected chi connectivity index (χ2v) is 5.14. The summed E-state index contributed by atoms with van der Waals surface area (Å²) in [6.07, 6.45) is 4.85. The van der Waals surface area contributed by atoms with Crippen molar-refractivity contribution in [3.05, 3.63) is 42.9 Å². The van der Waals surface area contributed by atoms with Gasteiger partial charge in [0, 0.05) is 12.4 Å². The van der Waals surface area contributed by atoms with Gasteiger partial charge in [-0.2, -0.15) is 0 Å². The van der Waals surface area contributed by atoms with Crippen molar-refractivity contribution in [1.29, 1.82) is 0 Å². The van der Waals surface area contributed by atoms with Crippen LogP contribution in [0.1, 0.15) is 6.92 Å². The third-order valence-electron chi connectivity index (χ3n) is 2.23. The molecule has 1 amide bonds. The van der Waals surface area contributed by atoms with Crippen LogP contribution in [0.5, 0.6) is 11.5 Å². The number of nitrogens with zero attached hydrogens (tertiary/aromatic N) is 2. The van der Waals surface area contributed by atoms with Gasteiger partial charge in [0.15, 0.2) is 0 Å². The second kappa shape index (κ2) is 6.29. The first-order valence-corrected chi connectivity index (χ1v) is 6.55. The highest BCUT2D eigenvalue weighted by atomic mass is 79.9. The van der Waals surface area contributed by atoms with E-state index in [0.29, 0.717) is 17.3 Å². The molecule has 0 saturated heterocycles. The fourth-order valence-corrected chi connectivity index (χ4v) is 1.40. The monoisotopic (exact) mass is 321 g/mol. The number of carbonyl (C=O) groups is 1. The number of hydrogen-bond donors (Lipinski definition) is 1. The van der Waals surface area contributed by atoms with Gasteiger partial charge in [-0.3, -0.25) is 9.78 Å². The summed E-state index contributed by atoms with van der Waals surface area (Å²) >= 11 is 3.19. The van der Waals surface area contributed by atoms with Crippen LogP contribution in [0.25, 0.3) is 0 Å². The predicted molar refractivity (Wildman–Crippen MR) is 75.6 cm³/mol. The molecule has 2 aromatic heterocycles. The molecule has 1 N–H and O–H groups in total. The fourth-order valence-electron chi connectivity index (χ4n) is 1.28. The van der Waals surface area contributed by atoms with E-state index < -0.39 is 0 Å². The summed E-state index contributed by atoms with van der Waals surface area (Å²) in [4.78, 5) is 19.2. The van der Waals surface area contributed by atoms with Gasteiger partial charge in [0.25, 0.3) is 0 Å². The number of hydrogen-bond acceptors (Lipinski definition) is 4. The van der Waals surface area contributed by atoms with Gasteiger partial charge in [-0.25, -0.2) is 4.98 Å². The Labute approximate surface area is 119 Å². The lowest BCUT2D eigenvalue weighted by Gasteiger charge is -2.07. The summed E-state index contributed by atoms with van der Waals surface area (Å²) in [5, 5.41) is 2.67. The third-order valence-corrected chi connectivity index (χ3v) is 2.65. The van der Waals surface area contributed by atoms with E-state index in [1.807, 2.05) is 0 Å². The average molecular weight is 322 g/mol. The molecule has 0 aromatic carbocycles. The van der Waals surface area contributed by atoms with Gasteiger partial charge < -0.3 is 10.1 Å². The summed E-state index contributed by atoms with van der Waals surface area (Å²) in [6.45, 7) is 1.75. The number of ether oxygens (including phenoxy) is 1. The largest absolute Gasteiger partial charge is 0.456 e. The Morgan fingerprint density at radius 3 is 2.58 bits per heavy atom. The number of anilines is 1. The molecule has 1 unspecified atom stereocenters. The molecule has 0 aliphatic carbocycles. The first kappa shape index (κ1) is 13.5. The number of nitrogens with one attached hydrogen (secondary N) is 1. The molecule has 6 heteroatoms. The number of pyridine rings is 2. The zero-order valence-electron chi connectivity index (χ0n) is 10.2. The highest BCUT2D eigenvalue weighted by molar-refractivity contribution is 9.10. The molecule has 2 rings (SSSR count). The van der Waals surface area contributed by atoms with Crippen molar-refractivity contribution in [2.75, 3.05) is 5.32 Å². The van der Waals surface area contributed by atoms with Crippen LogP contribution in [0.3, 0.4) is 0 Å². The van der Waals surface area contributed by atoms with Crippen molar-refractivity contribution in [2.24, 2.45) is 0 Å². The molecule has 0 spiro atoms. The number of amides is 1. The van der Waals surface area contributed by atoms with Crippen molar-refractivity contribution >= 4 is 27.7 Å². The SMILES string of the molecule is CC(Br)C(=O)Nc1ccc(Oc2ccncc2)cn1. The van der Waals surface area contributed by atoms with Crippen molar-refractivity contribution < 1.29 is 9.53 Å². The quantitative estimate of drug-likeness (QED) is 0.879. The standard InChI is InChI=1S/C13H12BrN3O2/c1-9(14)13(18)17-12-3-2-11(8-16-12)19-10-4-6-15-7-5-10/h2-9H,1H3,(H,16,17,18). The Morgan fingerprint density at radius 1 is 1.26 bits per heavy atom. The second-order valence-electron chi connectivity index (χ2n) is 3.77. The molecule has 5 nitrogen and oxygen atoms in total. The van der Waals surface area contributed by atoms with E-state index in [2.05, 4.69) is 31.2 Å². The first-order chi connectivity index (χ1) is 9.15. The van der Waals surface area contributed by atoms with Crippen molar-refractivity contribution in [3.63, 3.8) is 0 Å². The summed E-state index contributed by atoms with van der Waals surface area (Å²) in [5.41, 5.74) is 0. The molecule has 0 aliphatic rings. The van der Waals surface area contributed by atoms with Crippen LogP contribution in [-0.2, 0) is 4.79 Å². The van der Waals surface area contributed by atoms with E-state index >= 15 is 0 Å². The van der Waals surface area contributed by atoms with Crippen LogP contribution < -0.4 is 10.1 Å². The summed E-state index contributed by atoms with van der Waals surface area (Å²) in [7, 11) is 0. The molecule has 2 aromatic rings. The van der Waals surface area contributed by atoms with Crippen molar-refractivity contribution in [1.82, 2.24) is 9.97 Å². The van der Waals surface area contributed by atoms with Gasteiger partial charge in [0.1, 0.15) is 17.3 Å². The molecule has 1 atom stereocenters. The molecule has 2 heterocycles. The highest BCUT2D eigenvalue weighted by Crippen LogP contribution is 2.20. The Balaban J connectivity index is 2.01. The predicted octanol–water partition coefficient (Wildman–Crippen LogP) is 2.99. The van der Waals surface area contributed by atoms with E-state index in [1.165, 1.54) is 0 Å². The number of halogens is 1. The molecule has 0 fully saturated rings. The maximum Gasteiger partial charge on any atom is 0.239 e. The van der Waals surface area contributed by atoms with Crippen LogP contribution >= 0.6 is 15.9 Å². The molecular formula is C13H12BrN3O2. The van der Waals surface area contributed by atoms with Gasteiger partial charge in [-0.05, 0) is 31.2 Å². The lowest BCUT2D eigenvalue weighted by molar-refractivity contribution is -0.115. The molecule has 98 valence electrons. The fraction of sp³-hybridized carbons (Fsp3) is 0.154. The number of aromatic nitrogens is 2. The van der Waals surface area contributed by atoms with Crippen LogP contribution in [-0.4, -0.2) is 20.7 Å². The normalized spacial score (nSPS) is 11.7. The van der Waals surface area contributed by atoms with Crippen LogP contribution in [0, 0.1) is 0 Å². The van der Waals surface area contributed by atoms with Crippen LogP contribution in [0.15, 0.2) is 42.9 Å². The first-order valence-electron chi connectivity index (χ1n) is 5.64. The van der Waals surface area contributed by atoms with Gasteiger partial charge in [-0.15, -0.1) is 0 Å². The van der Waals surface area contributed by atoms with E-state index in [1.54, 1.807) is 49.8 Å². The molecular weight excluding hydrogens is 310 g/mol. The van der Waals surface area contributed by atoms with Crippen LogP contribution in [0.2, 0.25) is 0 Å².